The summed E-state index contributed by atoms with van der Waals surface area (Å²) in [6.45, 7) is 25.8. The molecule has 1 spiro atoms. The Morgan fingerprint density at radius 2 is 0.864 bits per heavy atom. The molecule has 8 aromatic carbocycles. The molecule has 0 radical (unpaired) electrons. The van der Waals surface area contributed by atoms with Crippen LogP contribution in [0.15, 0.2) is 170 Å². The lowest BCUT2D eigenvalue weighted by Crippen LogP contribution is -2.27. The van der Waals surface area contributed by atoms with Gasteiger partial charge in [-0.1, -0.05) is 216 Å². The lowest BCUT2D eigenvalue weighted by Gasteiger charge is -2.34. The summed E-state index contributed by atoms with van der Waals surface area (Å²) >= 11 is 0. The molecule has 0 aliphatic heterocycles. The number of benzene rings is 8. The molecule has 1 nitrogen and oxygen atoms in total. The highest BCUT2D eigenvalue weighted by Gasteiger charge is 2.52. The van der Waals surface area contributed by atoms with Crippen LogP contribution >= 0.6 is 0 Å². The van der Waals surface area contributed by atoms with Crippen molar-refractivity contribution < 1.29 is 0 Å². The highest BCUT2D eigenvalue weighted by molar-refractivity contribution is 5.99. The van der Waals surface area contributed by atoms with Crippen LogP contribution in [-0.2, 0) is 28.1 Å². The van der Waals surface area contributed by atoms with E-state index < -0.39 is 5.41 Å². The predicted octanol–water partition coefficient (Wildman–Crippen LogP) is 17.7. The van der Waals surface area contributed by atoms with Gasteiger partial charge in [0.2, 0.25) is 0 Å². The third-order valence-corrected chi connectivity index (χ3v) is 15.1. The smallest absolute Gasteiger partial charge is 0.0726 e. The molecular weight excluding hydrogens is 795 g/mol. The normalized spacial score (nSPS) is 14.9. The molecule has 0 fully saturated rings. The van der Waals surface area contributed by atoms with Crippen LogP contribution in [-0.4, -0.2) is 0 Å². The van der Waals surface area contributed by atoms with E-state index in [9.17, 15) is 0 Å². The Labute approximate surface area is 394 Å². The summed E-state index contributed by atoms with van der Waals surface area (Å²) in [5, 5.41) is 0. The van der Waals surface area contributed by atoms with Crippen molar-refractivity contribution >= 4 is 17.1 Å². The van der Waals surface area contributed by atoms with E-state index in [2.05, 4.69) is 251 Å². The molecule has 0 bridgehead atoms. The topological polar surface area (TPSA) is 3.24 Å². The van der Waals surface area contributed by atoms with Gasteiger partial charge in [-0.2, -0.15) is 0 Å². The number of rotatable bonds is 5. The van der Waals surface area contributed by atoms with Gasteiger partial charge in [0.1, 0.15) is 0 Å². The van der Waals surface area contributed by atoms with E-state index in [0.29, 0.717) is 0 Å². The number of nitrogens with zero attached hydrogens (tertiary/aromatic N) is 1. The second kappa shape index (κ2) is 14.5. The van der Waals surface area contributed by atoms with E-state index in [4.69, 9.17) is 0 Å². The molecule has 1 heteroatoms. The summed E-state index contributed by atoms with van der Waals surface area (Å²) in [5.74, 6) is 0. The monoisotopic (exact) mass is 857 g/mol. The number of hydrogen-bond donors (Lipinski definition) is 0. The fraction of sp³-hybridized carbons (Fsp3) is 0.262. The third-order valence-electron chi connectivity index (χ3n) is 15.1. The molecule has 0 unspecified atom stereocenters. The Balaban J connectivity index is 1.16. The largest absolute Gasteiger partial charge is 0.310 e. The quantitative estimate of drug-likeness (QED) is 0.167. The van der Waals surface area contributed by atoms with Crippen molar-refractivity contribution in [3.8, 4) is 44.5 Å². The first-order chi connectivity index (χ1) is 31.4. The third kappa shape index (κ3) is 6.40. The zero-order valence-corrected chi connectivity index (χ0v) is 40.8. The molecule has 0 heterocycles. The molecule has 328 valence electrons. The van der Waals surface area contributed by atoms with Crippen molar-refractivity contribution in [3.63, 3.8) is 0 Å². The van der Waals surface area contributed by atoms with E-state index >= 15 is 0 Å². The van der Waals surface area contributed by atoms with Crippen molar-refractivity contribution in [2.75, 3.05) is 4.90 Å². The van der Waals surface area contributed by atoms with Crippen molar-refractivity contribution in [1.29, 1.82) is 0 Å². The first-order valence-corrected chi connectivity index (χ1v) is 24.1. The molecule has 0 amide bonds. The number of hydrogen-bond acceptors (Lipinski definition) is 1. The first kappa shape index (κ1) is 42.2. The van der Waals surface area contributed by atoms with Gasteiger partial charge in [0.15, 0.2) is 0 Å². The van der Waals surface area contributed by atoms with Crippen LogP contribution < -0.4 is 4.90 Å². The van der Waals surface area contributed by atoms with Gasteiger partial charge in [-0.25, -0.2) is 0 Å². The SMILES string of the molecule is CC(C)(C)Cc1ccc(-c2ccc(N(c3ccc4c(c3)C3(c5ccccc5-4)c4cc(C(C)(C)C)ccc4-c4ccc(C(C)(C)C)cc43)c3cccc4c3-c3ccccc3C4(C)C)cc2)cc1. The fourth-order valence-corrected chi connectivity index (χ4v) is 11.8. The van der Waals surface area contributed by atoms with Crippen LogP contribution in [0.1, 0.15) is 126 Å². The van der Waals surface area contributed by atoms with Gasteiger partial charge in [0, 0.05) is 22.4 Å². The minimum Gasteiger partial charge on any atom is -0.310 e. The maximum absolute atomic E-state index is 2.56. The van der Waals surface area contributed by atoms with Crippen LogP contribution in [0, 0.1) is 5.41 Å². The van der Waals surface area contributed by atoms with Gasteiger partial charge in [-0.3, -0.25) is 0 Å². The molecular formula is C65H63N. The van der Waals surface area contributed by atoms with Gasteiger partial charge >= 0.3 is 0 Å². The predicted molar refractivity (Wildman–Crippen MR) is 281 cm³/mol. The lowest BCUT2D eigenvalue weighted by molar-refractivity contribution is 0.411. The Morgan fingerprint density at radius 3 is 1.44 bits per heavy atom. The van der Waals surface area contributed by atoms with Gasteiger partial charge in [-0.15, -0.1) is 0 Å². The molecule has 0 atom stereocenters. The molecule has 0 saturated carbocycles. The van der Waals surface area contributed by atoms with Gasteiger partial charge in [0.25, 0.3) is 0 Å². The van der Waals surface area contributed by atoms with Crippen LogP contribution in [0.25, 0.3) is 44.5 Å². The van der Waals surface area contributed by atoms with Crippen LogP contribution in [0.3, 0.4) is 0 Å². The highest BCUT2D eigenvalue weighted by atomic mass is 15.1. The Bertz CT molecular complexity index is 3160. The summed E-state index contributed by atoms with van der Waals surface area (Å²) < 4.78 is 0. The minimum absolute atomic E-state index is 0.0143. The van der Waals surface area contributed by atoms with Crippen molar-refractivity contribution in [3.05, 3.63) is 220 Å². The number of anilines is 3. The van der Waals surface area contributed by atoms with E-state index in [0.717, 1.165) is 17.8 Å². The lowest BCUT2D eigenvalue weighted by atomic mass is 9.68. The van der Waals surface area contributed by atoms with Crippen LogP contribution in [0.5, 0.6) is 0 Å². The first-order valence-electron chi connectivity index (χ1n) is 24.1. The minimum atomic E-state index is -0.503. The zero-order chi connectivity index (χ0) is 46.1. The summed E-state index contributed by atoms with van der Waals surface area (Å²) in [6, 6.07) is 65.9. The molecule has 3 aliphatic rings. The van der Waals surface area contributed by atoms with Crippen molar-refractivity contribution in [1.82, 2.24) is 0 Å². The summed E-state index contributed by atoms with van der Waals surface area (Å²) in [6.07, 6.45) is 1.06. The summed E-state index contributed by atoms with van der Waals surface area (Å²) in [4.78, 5) is 2.55. The molecule has 0 aromatic heterocycles. The van der Waals surface area contributed by atoms with Gasteiger partial charge < -0.3 is 4.90 Å². The van der Waals surface area contributed by atoms with Crippen LogP contribution in [0.4, 0.5) is 17.1 Å². The van der Waals surface area contributed by atoms with Crippen molar-refractivity contribution in [2.45, 2.75) is 104 Å². The molecule has 66 heavy (non-hydrogen) atoms. The van der Waals surface area contributed by atoms with Crippen LogP contribution in [0.2, 0.25) is 0 Å². The van der Waals surface area contributed by atoms with Crippen molar-refractivity contribution in [2.24, 2.45) is 5.41 Å². The van der Waals surface area contributed by atoms with E-state index in [1.165, 1.54) is 100 Å². The summed E-state index contributed by atoms with van der Waals surface area (Å²) in [7, 11) is 0. The Morgan fingerprint density at radius 1 is 0.394 bits per heavy atom. The van der Waals surface area contributed by atoms with Gasteiger partial charge in [0.05, 0.1) is 11.1 Å². The van der Waals surface area contributed by atoms with E-state index in [1.807, 2.05) is 0 Å². The second-order valence-corrected chi connectivity index (χ2v) is 23.2. The highest BCUT2D eigenvalue weighted by Crippen LogP contribution is 2.64. The summed E-state index contributed by atoms with van der Waals surface area (Å²) in [5.41, 5.74) is 25.8. The molecule has 8 aromatic rings. The number of fused-ring (bicyclic) bond motifs is 13. The molecule has 0 N–H and O–H groups in total. The van der Waals surface area contributed by atoms with E-state index in [-0.39, 0.29) is 21.7 Å². The molecule has 11 rings (SSSR count). The standard InChI is InChI=1S/C65H63N/c1-61(2,3)40-41-23-25-42(26-24-41)43-27-31-46(32-28-43)66(59-22-16-21-55-60(59)52-18-13-14-19-53(52)64(55,10)11)47-33-36-51-48-17-12-15-20-54(48)65(58(51)39-47)56-37-44(62(4,5)6)29-34-49(56)50-35-30-45(38-57(50)65)63(7,8)9/h12-39H,40H2,1-11H3. The maximum Gasteiger partial charge on any atom is 0.0726 e. The molecule has 0 saturated heterocycles. The average molecular weight is 858 g/mol. The average Bonchev–Trinajstić information content (AvgIpc) is 3.84. The molecule has 3 aliphatic carbocycles. The second-order valence-electron chi connectivity index (χ2n) is 23.2. The zero-order valence-electron chi connectivity index (χ0n) is 40.8. The Kier molecular flexibility index (Phi) is 9.29. The van der Waals surface area contributed by atoms with E-state index in [1.54, 1.807) is 0 Å². The fourth-order valence-electron chi connectivity index (χ4n) is 11.8. The van der Waals surface area contributed by atoms with Gasteiger partial charge in [-0.05, 0) is 142 Å². The Hall–Kier alpha value is -6.44. The maximum atomic E-state index is 2.56.